The van der Waals surface area contributed by atoms with Gasteiger partial charge in [-0.15, -0.1) is 0 Å². The number of aryl methyl sites for hydroxylation is 1. The summed E-state index contributed by atoms with van der Waals surface area (Å²) in [6.45, 7) is 4.63. The van der Waals surface area contributed by atoms with Gasteiger partial charge in [-0.2, -0.15) is 5.10 Å². The molecular formula is C12H17N5O. The molecule has 2 N–H and O–H groups in total. The van der Waals surface area contributed by atoms with E-state index in [0.717, 1.165) is 5.56 Å². The minimum absolute atomic E-state index is 0.149. The molecule has 0 fully saturated rings. The third kappa shape index (κ3) is 3.04. The van der Waals surface area contributed by atoms with Gasteiger partial charge in [0.1, 0.15) is 5.82 Å². The van der Waals surface area contributed by atoms with Crippen molar-refractivity contribution in [3.05, 3.63) is 34.6 Å². The predicted molar refractivity (Wildman–Crippen MR) is 69.0 cm³/mol. The monoisotopic (exact) mass is 247 g/mol. The molecule has 18 heavy (non-hydrogen) atoms. The number of hydrogen-bond donors (Lipinski definition) is 2. The molecule has 0 atom stereocenters. The first kappa shape index (κ1) is 12.5. The molecule has 6 nitrogen and oxygen atoms in total. The van der Waals surface area contributed by atoms with Crippen LogP contribution in [-0.4, -0.2) is 25.8 Å². The molecule has 2 aromatic heterocycles. The van der Waals surface area contributed by atoms with Crippen LogP contribution in [0.25, 0.3) is 11.3 Å². The van der Waals surface area contributed by atoms with Crippen LogP contribution in [0.1, 0.15) is 19.7 Å². The fourth-order valence-corrected chi connectivity index (χ4v) is 1.59. The summed E-state index contributed by atoms with van der Waals surface area (Å²) in [5, 5.41) is 7.29. The van der Waals surface area contributed by atoms with Crippen molar-refractivity contribution in [1.29, 1.82) is 0 Å². The summed E-state index contributed by atoms with van der Waals surface area (Å²) in [6, 6.07) is 1.83. The van der Waals surface area contributed by atoms with Crippen molar-refractivity contribution in [2.45, 2.75) is 26.4 Å². The van der Waals surface area contributed by atoms with Gasteiger partial charge in [0.2, 0.25) is 0 Å². The summed E-state index contributed by atoms with van der Waals surface area (Å²) in [5.41, 5.74) is 1.34. The lowest BCUT2D eigenvalue weighted by atomic mass is 10.2. The minimum atomic E-state index is -0.149. The molecule has 0 aliphatic heterocycles. The number of H-pyrrole nitrogens is 1. The Hall–Kier alpha value is -1.95. The number of nitrogens with one attached hydrogen (secondary N) is 2. The average molecular weight is 247 g/mol. The molecule has 0 aliphatic rings. The third-order valence-corrected chi connectivity index (χ3v) is 2.47. The Kier molecular flexibility index (Phi) is 3.57. The van der Waals surface area contributed by atoms with E-state index in [-0.39, 0.29) is 5.56 Å². The highest BCUT2D eigenvalue weighted by Gasteiger charge is 2.06. The van der Waals surface area contributed by atoms with Crippen molar-refractivity contribution < 1.29 is 0 Å². The highest BCUT2D eigenvalue weighted by atomic mass is 16.1. The minimum Gasteiger partial charge on any atom is -0.309 e. The number of rotatable bonds is 4. The molecule has 0 aliphatic carbocycles. The number of nitrogens with zero attached hydrogens (tertiary/aromatic N) is 3. The van der Waals surface area contributed by atoms with Gasteiger partial charge in [0.05, 0.1) is 18.4 Å². The topological polar surface area (TPSA) is 75.6 Å². The quantitative estimate of drug-likeness (QED) is 0.832. The molecule has 6 heteroatoms. The second kappa shape index (κ2) is 5.14. The van der Waals surface area contributed by atoms with Crippen molar-refractivity contribution >= 4 is 0 Å². The molecule has 96 valence electrons. The maximum absolute atomic E-state index is 11.6. The first-order valence-electron chi connectivity index (χ1n) is 5.87. The Labute approximate surface area is 105 Å². The molecule has 0 unspecified atom stereocenters. The summed E-state index contributed by atoms with van der Waals surface area (Å²) in [4.78, 5) is 18.7. The van der Waals surface area contributed by atoms with Gasteiger partial charge < -0.3 is 10.3 Å². The lowest BCUT2D eigenvalue weighted by Gasteiger charge is -2.07. The highest BCUT2D eigenvalue weighted by Crippen LogP contribution is 2.13. The van der Waals surface area contributed by atoms with Crippen LogP contribution in [-0.2, 0) is 13.6 Å². The number of hydrogen-bond acceptors (Lipinski definition) is 4. The lowest BCUT2D eigenvalue weighted by molar-refractivity contribution is 0.571. The Balaban J connectivity index is 2.29. The summed E-state index contributed by atoms with van der Waals surface area (Å²) < 4.78 is 1.68. The molecule has 0 spiro atoms. The Morgan fingerprint density at radius 3 is 2.89 bits per heavy atom. The van der Waals surface area contributed by atoms with E-state index in [9.17, 15) is 4.79 Å². The standard InChI is InChI=1S/C12H17N5O/c1-8(2)13-6-11-15-10(4-12(18)16-11)9-5-14-17(3)7-9/h4-5,7-8,13H,6H2,1-3H3,(H,15,16,18). The van der Waals surface area contributed by atoms with Gasteiger partial charge in [0.15, 0.2) is 0 Å². The van der Waals surface area contributed by atoms with Gasteiger partial charge in [-0.1, -0.05) is 13.8 Å². The van der Waals surface area contributed by atoms with Crippen molar-refractivity contribution in [2.75, 3.05) is 0 Å². The first-order valence-corrected chi connectivity index (χ1v) is 5.87. The summed E-state index contributed by atoms with van der Waals surface area (Å²) in [5.74, 6) is 0.634. The van der Waals surface area contributed by atoms with Crippen LogP contribution >= 0.6 is 0 Å². The van der Waals surface area contributed by atoms with E-state index in [1.807, 2.05) is 27.1 Å². The van der Waals surface area contributed by atoms with Crippen LogP contribution in [0.5, 0.6) is 0 Å². The second-order valence-electron chi connectivity index (χ2n) is 4.52. The Morgan fingerprint density at radius 1 is 1.50 bits per heavy atom. The van der Waals surface area contributed by atoms with Crippen LogP contribution in [0.2, 0.25) is 0 Å². The van der Waals surface area contributed by atoms with Crippen molar-refractivity contribution in [3.63, 3.8) is 0 Å². The van der Waals surface area contributed by atoms with Gasteiger partial charge in [0, 0.05) is 30.9 Å². The zero-order valence-corrected chi connectivity index (χ0v) is 10.8. The van der Waals surface area contributed by atoms with E-state index in [2.05, 4.69) is 20.4 Å². The van der Waals surface area contributed by atoms with E-state index in [4.69, 9.17) is 0 Å². The van der Waals surface area contributed by atoms with E-state index < -0.39 is 0 Å². The van der Waals surface area contributed by atoms with E-state index in [1.54, 1.807) is 10.9 Å². The fraction of sp³-hybridized carbons (Fsp3) is 0.417. The fourth-order valence-electron chi connectivity index (χ4n) is 1.59. The average Bonchev–Trinajstić information content (AvgIpc) is 2.72. The summed E-state index contributed by atoms with van der Waals surface area (Å²) >= 11 is 0. The smallest absolute Gasteiger partial charge is 0.251 e. The lowest BCUT2D eigenvalue weighted by Crippen LogP contribution is -2.25. The Bertz CT molecular complexity index is 584. The molecular weight excluding hydrogens is 230 g/mol. The van der Waals surface area contributed by atoms with Gasteiger partial charge in [-0.3, -0.25) is 9.48 Å². The molecule has 0 amide bonds. The zero-order chi connectivity index (χ0) is 13.1. The molecule has 0 bridgehead atoms. The van der Waals surface area contributed by atoms with E-state index in [1.165, 1.54) is 6.07 Å². The van der Waals surface area contributed by atoms with Crippen LogP contribution < -0.4 is 10.9 Å². The van der Waals surface area contributed by atoms with Crippen LogP contribution in [0.3, 0.4) is 0 Å². The molecule has 0 saturated carbocycles. The van der Waals surface area contributed by atoms with E-state index >= 15 is 0 Å². The van der Waals surface area contributed by atoms with Crippen LogP contribution in [0.15, 0.2) is 23.3 Å². The number of aromatic nitrogens is 4. The van der Waals surface area contributed by atoms with Gasteiger partial charge in [-0.05, 0) is 0 Å². The zero-order valence-electron chi connectivity index (χ0n) is 10.8. The second-order valence-corrected chi connectivity index (χ2v) is 4.52. The molecule has 0 saturated heterocycles. The molecule has 0 radical (unpaired) electrons. The van der Waals surface area contributed by atoms with E-state index in [0.29, 0.717) is 24.1 Å². The molecule has 2 aromatic rings. The van der Waals surface area contributed by atoms with Crippen molar-refractivity contribution in [3.8, 4) is 11.3 Å². The SMILES string of the molecule is CC(C)NCc1nc(-c2cnn(C)c2)cc(=O)[nH]1. The molecule has 2 rings (SSSR count). The summed E-state index contributed by atoms with van der Waals surface area (Å²) in [7, 11) is 1.83. The summed E-state index contributed by atoms with van der Waals surface area (Å²) in [6.07, 6.45) is 3.53. The van der Waals surface area contributed by atoms with Gasteiger partial charge in [-0.25, -0.2) is 4.98 Å². The molecule has 2 heterocycles. The van der Waals surface area contributed by atoms with Gasteiger partial charge >= 0.3 is 0 Å². The van der Waals surface area contributed by atoms with Crippen LogP contribution in [0.4, 0.5) is 0 Å². The first-order chi connectivity index (χ1) is 8.54. The third-order valence-electron chi connectivity index (χ3n) is 2.47. The normalized spacial score (nSPS) is 11.1. The van der Waals surface area contributed by atoms with Crippen molar-refractivity contribution in [2.24, 2.45) is 7.05 Å². The molecule has 0 aromatic carbocycles. The maximum atomic E-state index is 11.6. The van der Waals surface area contributed by atoms with Gasteiger partial charge in [0.25, 0.3) is 5.56 Å². The van der Waals surface area contributed by atoms with Crippen molar-refractivity contribution in [1.82, 2.24) is 25.1 Å². The van der Waals surface area contributed by atoms with Crippen LogP contribution in [0, 0.1) is 0 Å². The number of aromatic amines is 1. The Morgan fingerprint density at radius 2 is 2.28 bits per heavy atom. The largest absolute Gasteiger partial charge is 0.309 e. The highest BCUT2D eigenvalue weighted by molar-refractivity contribution is 5.56. The predicted octanol–water partition coefficient (Wildman–Crippen LogP) is 0.668. The maximum Gasteiger partial charge on any atom is 0.251 e.